The third-order valence-corrected chi connectivity index (χ3v) is 1.21. The minimum Gasteiger partial charge on any atom is -0.410 e. The molecule has 9 heavy (non-hydrogen) atoms. The van der Waals surface area contributed by atoms with Gasteiger partial charge in [0.05, 0.1) is 0 Å². The minimum absolute atomic E-state index is 0.575. The summed E-state index contributed by atoms with van der Waals surface area (Å²) >= 11 is 1.92. The Morgan fingerprint density at radius 2 is 2.22 bits per heavy atom. The van der Waals surface area contributed by atoms with E-state index in [1.807, 2.05) is 47.7 Å². The Bertz CT molecular complexity index is 149. The maximum absolute atomic E-state index is 8.14. The molecule has 0 aliphatic heterocycles. The highest BCUT2D eigenvalue weighted by Crippen LogP contribution is 1.91. The van der Waals surface area contributed by atoms with Crippen molar-refractivity contribution in [2.45, 2.75) is 6.92 Å². The summed E-state index contributed by atoms with van der Waals surface area (Å²) in [6, 6.07) is 0. The van der Waals surface area contributed by atoms with E-state index in [2.05, 4.69) is 5.16 Å². The van der Waals surface area contributed by atoms with Crippen LogP contribution in [0.2, 0.25) is 0 Å². The normalized spacial score (nSPS) is 13.8. The second kappa shape index (κ2) is 5.81. The lowest BCUT2D eigenvalue weighted by Crippen LogP contribution is -1.74. The predicted octanol–water partition coefficient (Wildman–Crippen LogP) is 2.34. The number of allylic oxidation sites excluding steroid dienone is 4. The van der Waals surface area contributed by atoms with E-state index in [-0.39, 0.29) is 0 Å². The Morgan fingerprint density at radius 3 is 2.67 bits per heavy atom. The van der Waals surface area contributed by atoms with Crippen LogP contribution in [0.15, 0.2) is 29.5 Å². The maximum atomic E-state index is 8.14. The molecule has 0 radical (unpaired) electrons. The van der Waals surface area contributed by atoms with E-state index in [1.54, 1.807) is 6.08 Å². The van der Waals surface area contributed by atoms with E-state index in [0.717, 1.165) is 0 Å². The van der Waals surface area contributed by atoms with E-state index in [1.165, 1.54) is 0 Å². The quantitative estimate of drug-likeness (QED) is 0.258. The van der Waals surface area contributed by atoms with Crippen LogP contribution in [0.5, 0.6) is 0 Å². The average Bonchev–Trinajstić information content (AvgIpc) is 1.89. The van der Waals surface area contributed by atoms with Crippen LogP contribution in [0, 0.1) is 0 Å². The van der Waals surface area contributed by atoms with Crippen LogP contribution < -0.4 is 0 Å². The zero-order valence-electron chi connectivity index (χ0n) is 5.08. The van der Waals surface area contributed by atoms with Crippen molar-refractivity contribution < 1.29 is 5.21 Å². The van der Waals surface area contributed by atoms with Gasteiger partial charge in [-0.3, -0.25) is 0 Å². The molecule has 50 valence electrons. The van der Waals surface area contributed by atoms with Gasteiger partial charge in [-0.1, -0.05) is 23.4 Å². The molecule has 0 amide bonds. The zero-order chi connectivity index (χ0) is 7.11. The van der Waals surface area contributed by atoms with Gasteiger partial charge in [0.15, 0.2) is 0 Å². The van der Waals surface area contributed by atoms with Gasteiger partial charge in [-0.05, 0) is 35.6 Å². The summed E-state index contributed by atoms with van der Waals surface area (Å²) in [4.78, 5) is 0. The molecule has 0 bridgehead atoms. The molecule has 0 aromatic carbocycles. The average molecular weight is 237 g/mol. The fourth-order valence-corrected chi connectivity index (χ4v) is 0.487. The summed E-state index contributed by atoms with van der Waals surface area (Å²) in [5.74, 6) is 0. The van der Waals surface area contributed by atoms with Crippen LogP contribution in [-0.2, 0) is 0 Å². The van der Waals surface area contributed by atoms with Crippen LogP contribution in [0.4, 0.5) is 0 Å². The van der Waals surface area contributed by atoms with Crippen LogP contribution in [0.3, 0.4) is 0 Å². The minimum atomic E-state index is 0.575. The highest BCUT2D eigenvalue weighted by atomic mass is 127. The fourth-order valence-electron chi connectivity index (χ4n) is 0.279. The maximum Gasteiger partial charge on any atom is 0.140 e. The summed E-state index contributed by atoms with van der Waals surface area (Å²) in [5.41, 5.74) is 0. The molecule has 1 N–H and O–H groups in total. The summed E-state index contributed by atoms with van der Waals surface area (Å²) in [7, 11) is 0. The number of rotatable bonds is 2. The SMILES string of the molecule is C/C=C/C=C/C(I)=N\O. The number of hydrogen-bond acceptors (Lipinski definition) is 2. The topological polar surface area (TPSA) is 32.6 Å². The summed E-state index contributed by atoms with van der Waals surface area (Å²) in [6.45, 7) is 1.92. The van der Waals surface area contributed by atoms with Gasteiger partial charge >= 0.3 is 0 Å². The van der Waals surface area contributed by atoms with Gasteiger partial charge in [-0.2, -0.15) is 0 Å². The molecule has 0 fully saturated rings. The third kappa shape index (κ3) is 5.55. The van der Waals surface area contributed by atoms with Crippen molar-refractivity contribution in [3.05, 3.63) is 24.3 Å². The standard InChI is InChI=1S/C6H8INO/c1-2-3-4-5-6(7)8-9/h2-5,9H,1H3/b3-2+,5-4+,8-6+. The van der Waals surface area contributed by atoms with Crippen molar-refractivity contribution in [2.24, 2.45) is 5.16 Å². The van der Waals surface area contributed by atoms with Crippen molar-refractivity contribution in [1.82, 2.24) is 0 Å². The lowest BCUT2D eigenvalue weighted by atomic mass is 10.4. The first-order chi connectivity index (χ1) is 4.31. The third-order valence-electron chi connectivity index (χ3n) is 0.633. The van der Waals surface area contributed by atoms with Crippen molar-refractivity contribution in [2.75, 3.05) is 0 Å². The van der Waals surface area contributed by atoms with E-state index < -0.39 is 0 Å². The predicted molar refractivity (Wildman–Crippen MR) is 47.2 cm³/mol. The van der Waals surface area contributed by atoms with E-state index in [9.17, 15) is 0 Å². The van der Waals surface area contributed by atoms with Gasteiger partial charge < -0.3 is 5.21 Å². The first-order valence-corrected chi connectivity index (χ1v) is 3.56. The lowest BCUT2D eigenvalue weighted by molar-refractivity contribution is 0.321. The summed E-state index contributed by atoms with van der Waals surface area (Å²) in [5, 5.41) is 11.1. The molecule has 0 rings (SSSR count). The molecule has 0 aliphatic rings. The highest BCUT2D eigenvalue weighted by molar-refractivity contribution is 14.1. The molecule has 3 heteroatoms. The van der Waals surface area contributed by atoms with Crippen LogP contribution in [0.1, 0.15) is 6.92 Å². The molecular formula is C6H8INO. The number of nitrogens with zero attached hydrogens (tertiary/aromatic N) is 1. The Kier molecular flexibility index (Phi) is 5.60. The lowest BCUT2D eigenvalue weighted by Gasteiger charge is -1.78. The molecular weight excluding hydrogens is 229 g/mol. The molecule has 0 aliphatic carbocycles. The monoisotopic (exact) mass is 237 g/mol. The van der Waals surface area contributed by atoms with Crippen molar-refractivity contribution in [3.8, 4) is 0 Å². The van der Waals surface area contributed by atoms with Gasteiger partial charge in [-0.25, -0.2) is 0 Å². The van der Waals surface area contributed by atoms with Crippen molar-refractivity contribution in [1.29, 1.82) is 0 Å². The zero-order valence-corrected chi connectivity index (χ0v) is 7.24. The molecule has 0 spiro atoms. The Balaban J connectivity index is 3.71. The molecule has 0 aromatic heterocycles. The van der Waals surface area contributed by atoms with Crippen LogP contribution >= 0.6 is 22.6 Å². The summed E-state index contributed by atoms with van der Waals surface area (Å²) < 4.78 is 0.575. The van der Waals surface area contributed by atoms with Crippen LogP contribution in [0.25, 0.3) is 0 Å². The second-order valence-corrected chi connectivity index (χ2v) is 2.41. The number of halogens is 1. The number of hydrogen-bond donors (Lipinski definition) is 1. The largest absolute Gasteiger partial charge is 0.410 e. The highest BCUT2D eigenvalue weighted by Gasteiger charge is 1.78. The molecule has 0 atom stereocenters. The fraction of sp³-hybridized carbons (Fsp3) is 0.167. The van der Waals surface area contributed by atoms with Gasteiger partial charge in [0.25, 0.3) is 0 Å². The van der Waals surface area contributed by atoms with E-state index in [4.69, 9.17) is 5.21 Å². The molecule has 0 saturated heterocycles. The Hall–Kier alpha value is -0.320. The van der Waals surface area contributed by atoms with E-state index in [0.29, 0.717) is 3.72 Å². The second-order valence-electron chi connectivity index (χ2n) is 1.31. The van der Waals surface area contributed by atoms with Gasteiger partial charge in [0.1, 0.15) is 3.72 Å². The molecule has 0 aromatic rings. The first kappa shape index (κ1) is 8.68. The molecule has 0 unspecified atom stereocenters. The van der Waals surface area contributed by atoms with Crippen LogP contribution in [-0.4, -0.2) is 8.93 Å². The smallest absolute Gasteiger partial charge is 0.140 e. The van der Waals surface area contributed by atoms with Crippen molar-refractivity contribution >= 4 is 26.3 Å². The van der Waals surface area contributed by atoms with E-state index >= 15 is 0 Å². The van der Waals surface area contributed by atoms with Crippen molar-refractivity contribution in [3.63, 3.8) is 0 Å². The molecule has 0 heterocycles. The van der Waals surface area contributed by atoms with Gasteiger partial charge in [0, 0.05) is 0 Å². The van der Waals surface area contributed by atoms with Gasteiger partial charge in [0.2, 0.25) is 0 Å². The first-order valence-electron chi connectivity index (χ1n) is 2.48. The summed E-state index contributed by atoms with van der Waals surface area (Å²) in [6.07, 6.45) is 7.28. The number of oxime groups is 1. The molecule has 2 nitrogen and oxygen atoms in total. The molecule has 0 saturated carbocycles. The van der Waals surface area contributed by atoms with Gasteiger partial charge in [-0.15, -0.1) is 0 Å². The Morgan fingerprint density at radius 1 is 1.56 bits per heavy atom. The Labute approximate surface area is 68.1 Å².